The van der Waals surface area contributed by atoms with Crippen LogP contribution in [0, 0.1) is 5.92 Å². The van der Waals surface area contributed by atoms with Gasteiger partial charge < -0.3 is 15.1 Å². The first kappa shape index (κ1) is 12.3. The highest BCUT2D eigenvalue weighted by atomic mass is 15.2. The molecular weight excluding hydrogens is 198 g/mol. The number of rotatable bonds is 6. The van der Waals surface area contributed by atoms with Crippen molar-refractivity contribution in [2.24, 2.45) is 5.92 Å². The lowest BCUT2D eigenvalue weighted by atomic mass is 10.3. The molecule has 3 nitrogen and oxygen atoms in total. The predicted octanol–water partition coefficient (Wildman–Crippen LogP) is 1.01. The van der Waals surface area contributed by atoms with Crippen LogP contribution in [0.25, 0.3) is 0 Å². The van der Waals surface area contributed by atoms with E-state index in [1.807, 2.05) is 0 Å². The molecule has 1 aliphatic heterocycles. The summed E-state index contributed by atoms with van der Waals surface area (Å²) in [5.74, 6) is 1.03. The largest absolute Gasteiger partial charge is 0.315 e. The zero-order valence-electron chi connectivity index (χ0n) is 10.7. The first-order valence-corrected chi connectivity index (χ1v) is 7.04. The van der Waals surface area contributed by atoms with Crippen molar-refractivity contribution in [2.45, 2.75) is 26.2 Å². The minimum Gasteiger partial charge on any atom is -0.315 e. The lowest BCUT2D eigenvalue weighted by Crippen LogP contribution is -2.37. The third kappa shape index (κ3) is 4.40. The molecule has 3 heteroatoms. The van der Waals surface area contributed by atoms with Gasteiger partial charge in [-0.2, -0.15) is 0 Å². The van der Waals surface area contributed by atoms with Crippen LogP contribution in [0.2, 0.25) is 0 Å². The third-order valence-electron chi connectivity index (χ3n) is 3.83. The third-order valence-corrected chi connectivity index (χ3v) is 3.83. The molecule has 1 heterocycles. The van der Waals surface area contributed by atoms with Gasteiger partial charge in [-0.3, -0.25) is 0 Å². The number of nitrogens with zero attached hydrogens (tertiary/aromatic N) is 2. The van der Waals surface area contributed by atoms with Crippen LogP contribution >= 0.6 is 0 Å². The van der Waals surface area contributed by atoms with Gasteiger partial charge in [0.05, 0.1) is 0 Å². The molecular formula is C13H27N3. The summed E-state index contributed by atoms with van der Waals surface area (Å²) in [6.07, 6.45) is 4.27. The predicted molar refractivity (Wildman–Crippen MR) is 68.8 cm³/mol. The van der Waals surface area contributed by atoms with Gasteiger partial charge in [0, 0.05) is 32.7 Å². The van der Waals surface area contributed by atoms with Gasteiger partial charge in [-0.05, 0) is 44.8 Å². The first-order chi connectivity index (χ1) is 7.88. The summed E-state index contributed by atoms with van der Waals surface area (Å²) in [7, 11) is 0. The molecule has 0 radical (unpaired) electrons. The van der Waals surface area contributed by atoms with E-state index in [2.05, 4.69) is 22.0 Å². The summed E-state index contributed by atoms with van der Waals surface area (Å²) in [5.41, 5.74) is 0. The van der Waals surface area contributed by atoms with Crippen molar-refractivity contribution < 1.29 is 0 Å². The lowest BCUT2D eigenvalue weighted by molar-refractivity contribution is 0.211. The van der Waals surface area contributed by atoms with Gasteiger partial charge in [0.2, 0.25) is 0 Å². The topological polar surface area (TPSA) is 18.5 Å². The molecule has 0 bridgehead atoms. The fourth-order valence-corrected chi connectivity index (χ4v) is 2.45. The average molecular weight is 225 g/mol. The van der Waals surface area contributed by atoms with Crippen LogP contribution in [-0.2, 0) is 0 Å². The van der Waals surface area contributed by atoms with Gasteiger partial charge in [-0.25, -0.2) is 0 Å². The van der Waals surface area contributed by atoms with Crippen molar-refractivity contribution in [2.75, 3.05) is 52.4 Å². The maximum atomic E-state index is 3.47. The van der Waals surface area contributed by atoms with E-state index in [9.17, 15) is 0 Å². The van der Waals surface area contributed by atoms with Gasteiger partial charge in [0.1, 0.15) is 0 Å². The first-order valence-electron chi connectivity index (χ1n) is 7.04. The van der Waals surface area contributed by atoms with Crippen LogP contribution in [0.4, 0.5) is 0 Å². The molecule has 16 heavy (non-hydrogen) atoms. The zero-order valence-corrected chi connectivity index (χ0v) is 10.7. The van der Waals surface area contributed by atoms with E-state index in [4.69, 9.17) is 0 Å². The lowest BCUT2D eigenvalue weighted by Gasteiger charge is -2.25. The number of hydrogen-bond acceptors (Lipinski definition) is 3. The quantitative estimate of drug-likeness (QED) is 0.728. The van der Waals surface area contributed by atoms with Crippen molar-refractivity contribution in [3.63, 3.8) is 0 Å². The molecule has 0 aromatic heterocycles. The second kappa shape index (κ2) is 6.58. The maximum absolute atomic E-state index is 3.47. The highest BCUT2D eigenvalue weighted by molar-refractivity contribution is 4.77. The second-order valence-corrected chi connectivity index (χ2v) is 5.28. The van der Waals surface area contributed by atoms with Crippen molar-refractivity contribution in [3.8, 4) is 0 Å². The normalized spacial score (nSPS) is 23.6. The Morgan fingerprint density at radius 1 is 1.25 bits per heavy atom. The Labute approximate surface area is 100 Å². The standard InChI is InChI=1S/C13H27N3/c1-2-15(12-13-4-5-13)10-11-16-8-3-6-14-7-9-16/h13-14H,2-12H2,1H3. The molecule has 0 aromatic carbocycles. The molecule has 0 spiro atoms. The minimum atomic E-state index is 1.03. The van der Waals surface area contributed by atoms with Gasteiger partial charge in [-0.1, -0.05) is 6.92 Å². The molecule has 2 rings (SSSR count). The molecule has 0 aromatic rings. The number of likely N-dealkylation sites (N-methyl/N-ethyl adjacent to an activating group) is 1. The molecule has 2 fully saturated rings. The Bertz CT molecular complexity index is 182. The SMILES string of the molecule is CCN(CCN1CCCNCC1)CC1CC1. The van der Waals surface area contributed by atoms with E-state index in [0.29, 0.717) is 0 Å². The van der Waals surface area contributed by atoms with Crippen LogP contribution in [0.5, 0.6) is 0 Å². The summed E-state index contributed by atoms with van der Waals surface area (Å²) in [6, 6.07) is 0. The fourth-order valence-electron chi connectivity index (χ4n) is 2.45. The smallest absolute Gasteiger partial charge is 0.0110 e. The number of hydrogen-bond donors (Lipinski definition) is 1. The molecule has 0 unspecified atom stereocenters. The molecule has 1 N–H and O–H groups in total. The van der Waals surface area contributed by atoms with Crippen LogP contribution in [0.1, 0.15) is 26.2 Å². The van der Waals surface area contributed by atoms with Crippen LogP contribution in [0.15, 0.2) is 0 Å². The Balaban J connectivity index is 1.62. The summed E-state index contributed by atoms with van der Waals surface area (Å²) < 4.78 is 0. The van der Waals surface area contributed by atoms with Crippen LogP contribution in [-0.4, -0.2) is 62.2 Å². The summed E-state index contributed by atoms with van der Waals surface area (Å²) in [5, 5.41) is 3.47. The molecule has 94 valence electrons. The highest BCUT2D eigenvalue weighted by Crippen LogP contribution is 2.29. The van der Waals surface area contributed by atoms with E-state index in [0.717, 1.165) is 5.92 Å². The van der Waals surface area contributed by atoms with E-state index in [1.54, 1.807) is 0 Å². The molecule has 0 atom stereocenters. The summed E-state index contributed by atoms with van der Waals surface area (Å²) in [6.45, 7) is 12.3. The summed E-state index contributed by atoms with van der Waals surface area (Å²) in [4.78, 5) is 5.26. The molecule has 1 saturated carbocycles. The Kier molecular flexibility index (Phi) is 5.07. The van der Waals surface area contributed by atoms with Crippen LogP contribution < -0.4 is 5.32 Å². The van der Waals surface area contributed by atoms with Gasteiger partial charge in [0.15, 0.2) is 0 Å². The Morgan fingerprint density at radius 2 is 2.12 bits per heavy atom. The van der Waals surface area contributed by atoms with E-state index in [1.165, 1.54) is 71.6 Å². The Hall–Kier alpha value is -0.120. The van der Waals surface area contributed by atoms with E-state index < -0.39 is 0 Å². The van der Waals surface area contributed by atoms with Crippen molar-refractivity contribution in [1.82, 2.24) is 15.1 Å². The van der Waals surface area contributed by atoms with E-state index in [-0.39, 0.29) is 0 Å². The zero-order chi connectivity index (χ0) is 11.2. The maximum Gasteiger partial charge on any atom is 0.0110 e. The van der Waals surface area contributed by atoms with Gasteiger partial charge in [-0.15, -0.1) is 0 Å². The van der Waals surface area contributed by atoms with E-state index >= 15 is 0 Å². The van der Waals surface area contributed by atoms with Gasteiger partial charge >= 0.3 is 0 Å². The molecule has 1 aliphatic carbocycles. The Morgan fingerprint density at radius 3 is 2.88 bits per heavy atom. The van der Waals surface area contributed by atoms with Crippen molar-refractivity contribution in [3.05, 3.63) is 0 Å². The average Bonchev–Trinajstić information content (AvgIpc) is 3.11. The fraction of sp³-hybridized carbons (Fsp3) is 1.00. The monoisotopic (exact) mass is 225 g/mol. The highest BCUT2D eigenvalue weighted by Gasteiger charge is 2.23. The molecule has 1 saturated heterocycles. The summed E-state index contributed by atoms with van der Waals surface area (Å²) >= 11 is 0. The number of nitrogens with one attached hydrogen (secondary N) is 1. The van der Waals surface area contributed by atoms with Crippen LogP contribution in [0.3, 0.4) is 0 Å². The second-order valence-electron chi connectivity index (χ2n) is 5.28. The molecule has 0 amide bonds. The van der Waals surface area contributed by atoms with Crippen molar-refractivity contribution >= 4 is 0 Å². The van der Waals surface area contributed by atoms with Gasteiger partial charge in [0.25, 0.3) is 0 Å². The minimum absolute atomic E-state index is 1.03. The molecule has 2 aliphatic rings. The van der Waals surface area contributed by atoms with Crippen molar-refractivity contribution in [1.29, 1.82) is 0 Å².